The third kappa shape index (κ3) is 3.34. The summed E-state index contributed by atoms with van der Waals surface area (Å²) < 4.78 is 0. The Morgan fingerprint density at radius 2 is 2.17 bits per heavy atom. The standard InChI is InChI=1S/C11H13N3O4/c1-3-4-9(15)13-11(16)8-5-7(2)10(12-6-8)14(17)18/h5-6H,3-4H2,1-2H3,(H,13,15,16). The maximum Gasteiger partial charge on any atom is 0.366 e. The maximum atomic E-state index is 11.6. The molecule has 0 bridgehead atoms. The molecule has 0 spiro atoms. The summed E-state index contributed by atoms with van der Waals surface area (Å²) >= 11 is 0. The minimum absolute atomic E-state index is 0.127. The van der Waals surface area contributed by atoms with Crippen molar-refractivity contribution >= 4 is 17.6 Å². The first-order chi connectivity index (χ1) is 8.45. The Labute approximate surface area is 103 Å². The van der Waals surface area contributed by atoms with E-state index in [1.807, 2.05) is 6.92 Å². The summed E-state index contributed by atoms with van der Waals surface area (Å²) in [6.07, 6.45) is 1.97. The van der Waals surface area contributed by atoms with E-state index in [4.69, 9.17) is 0 Å². The van der Waals surface area contributed by atoms with Crippen LogP contribution >= 0.6 is 0 Å². The molecule has 0 saturated heterocycles. The quantitative estimate of drug-likeness (QED) is 0.642. The van der Waals surface area contributed by atoms with E-state index in [9.17, 15) is 19.7 Å². The minimum atomic E-state index is -0.626. The van der Waals surface area contributed by atoms with Crippen molar-refractivity contribution in [2.75, 3.05) is 0 Å². The van der Waals surface area contributed by atoms with Crippen molar-refractivity contribution in [3.63, 3.8) is 0 Å². The van der Waals surface area contributed by atoms with Crippen LogP contribution in [0, 0.1) is 17.0 Å². The average molecular weight is 251 g/mol. The van der Waals surface area contributed by atoms with E-state index in [1.54, 1.807) is 0 Å². The van der Waals surface area contributed by atoms with Crippen molar-refractivity contribution in [3.8, 4) is 0 Å². The number of nitrogens with zero attached hydrogens (tertiary/aromatic N) is 2. The van der Waals surface area contributed by atoms with Crippen LogP contribution in [0.1, 0.15) is 35.7 Å². The zero-order chi connectivity index (χ0) is 13.7. The molecule has 1 aromatic rings. The molecule has 0 aliphatic carbocycles. The Hall–Kier alpha value is -2.31. The molecular weight excluding hydrogens is 238 g/mol. The number of hydrogen-bond donors (Lipinski definition) is 1. The number of aryl methyl sites for hydroxylation is 1. The Morgan fingerprint density at radius 3 is 2.67 bits per heavy atom. The average Bonchev–Trinajstić information content (AvgIpc) is 2.28. The normalized spacial score (nSPS) is 9.89. The topological polar surface area (TPSA) is 102 Å². The van der Waals surface area contributed by atoms with E-state index in [2.05, 4.69) is 10.3 Å². The van der Waals surface area contributed by atoms with E-state index in [0.717, 1.165) is 6.20 Å². The second-order valence-electron chi connectivity index (χ2n) is 3.75. The largest absolute Gasteiger partial charge is 0.366 e. The Kier molecular flexibility index (Phi) is 4.47. The summed E-state index contributed by atoms with van der Waals surface area (Å²) in [6, 6.07) is 1.33. The summed E-state index contributed by atoms with van der Waals surface area (Å²) in [4.78, 5) is 36.4. The van der Waals surface area contributed by atoms with Gasteiger partial charge in [0.1, 0.15) is 0 Å². The van der Waals surface area contributed by atoms with Gasteiger partial charge in [-0.2, -0.15) is 0 Å². The number of nitrogens with one attached hydrogen (secondary N) is 1. The molecule has 1 rings (SSSR count). The molecule has 18 heavy (non-hydrogen) atoms. The smallest absolute Gasteiger partial charge is 0.358 e. The Balaban J connectivity index is 2.85. The predicted octanol–water partition coefficient (Wildman–Crippen LogP) is 1.35. The number of amides is 2. The number of aromatic nitrogens is 1. The van der Waals surface area contributed by atoms with Crippen LogP contribution in [0.4, 0.5) is 5.82 Å². The number of hydrogen-bond acceptors (Lipinski definition) is 5. The van der Waals surface area contributed by atoms with Gasteiger partial charge in [0.25, 0.3) is 5.91 Å². The summed E-state index contributed by atoms with van der Waals surface area (Å²) in [5, 5.41) is 12.7. The predicted molar refractivity (Wildman–Crippen MR) is 63.0 cm³/mol. The van der Waals surface area contributed by atoms with Gasteiger partial charge in [0, 0.05) is 12.0 Å². The van der Waals surface area contributed by atoms with E-state index in [0.29, 0.717) is 6.42 Å². The van der Waals surface area contributed by atoms with Gasteiger partial charge in [-0.15, -0.1) is 0 Å². The molecule has 2 amide bonds. The van der Waals surface area contributed by atoms with Crippen LogP contribution < -0.4 is 5.32 Å². The summed E-state index contributed by atoms with van der Waals surface area (Å²) in [5.41, 5.74) is 0.401. The van der Waals surface area contributed by atoms with Crippen molar-refractivity contribution in [2.24, 2.45) is 0 Å². The Morgan fingerprint density at radius 1 is 1.50 bits per heavy atom. The maximum absolute atomic E-state index is 11.6. The number of pyridine rings is 1. The molecular formula is C11H13N3O4. The van der Waals surface area contributed by atoms with Crippen LogP contribution in [0.3, 0.4) is 0 Å². The third-order valence-corrected chi connectivity index (χ3v) is 2.22. The van der Waals surface area contributed by atoms with Gasteiger partial charge in [-0.3, -0.25) is 14.9 Å². The van der Waals surface area contributed by atoms with Crippen molar-refractivity contribution in [1.29, 1.82) is 0 Å². The summed E-state index contributed by atoms with van der Waals surface area (Å²) in [6.45, 7) is 3.30. The number of nitro groups is 1. The van der Waals surface area contributed by atoms with Crippen LogP contribution in [0.15, 0.2) is 12.3 Å². The van der Waals surface area contributed by atoms with Crippen molar-refractivity contribution in [3.05, 3.63) is 33.5 Å². The van der Waals surface area contributed by atoms with Gasteiger partial charge in [0.05, 0.1) is 5.56 Å². The van der Waals surface area contributed by atoms with Gasteiger partial charge < -0.3 is 10.1 Å². The second kappa shape index (κ2) is 5.85. The van der Waals surface area contributed by atoms with Gasteiger partial charge >= 0.3 is 5.82 Å². The molecule has 1 N–H and O–H groups in total. The Bertz CT molecular complexity index is 499. The highest BCUT2D eigenvalue weighted by Gasteiger charge is 2.17. The highest BCUT2D eigenvalue weighted by Crippen LogP contribution is 2.14. The van der Waals surface area contributed by atoms with Gasteiger partial charge in [-0.25, -0.2) is 0 Å². The molecule has 0 fully saturated rings. The molecule has 7 heteroatoms. The van der Waals surface area contributed by atoms with Crippen molar-refractivity contribution in [2.45, 2.75) is 26.7 Å². The number of rotatable bonds is 4. The highest BCUT2D eigenvalue weighted by molar-refractivity contribution is 6.04. The van der Waals surface area contributed by atoms with Crippen LogP contribution in [0.5, 0.6) is 0 Å². The lowest BCUT2D eigenvalue weighted by atomic mass is 10.2. The minimum Gasteiger partial charge on any atom is -0.358 e. The third-order valence-electron chi connectivity index (χ3n) is 2.22. The highest BCUT2D eigenvalue weighted by atomic mass is 16.6. The first kappa shape index (κ1) is 13.8. The second-order valence-corrected chi connectivity index (χ2v) is 3.75. The first-order valence-electron chi connectivity index (χ1n) is 5.41. The fraction of sp³-hybridized carbons (Fsp3) is 0.364. The van der Waals surface area contributed by atoms with Crippen LogP contribution in [0.2, 0.25) is 0 Å². The molecule has 0 atom stereocenters. The zero-order valence-electron chi connectivity index (χ0n) is 10.1. The number of carbonyl (C=O) groups is 2. The van der Waals surface area contributed by atoms with E-state index in [-0.39, 0.29) is 29.3 Å². The molecule has 0 aliphatic heterocycles. The van der Waals surface area contributed by atoms with Gasteiger partial charge in [0.15, 0.2) is 6.20 Å². The lowest BCUT2D eigenvalue weighted by Gasteiger charge is -2.03. The van der Waals surface area contributed by atoms with Gasteiger partial charge in [-0.05, 0) is 29.3 Å². The SMILES string of the molecule is CCCC(=O)NC(=O)c1cnc([N+](=O)[O-])c(C)c1. The molecule has 0 unspecified atom stereocenters. The molecule has 0 aliphatic rings. The summed E-state index contributed by atoms with van der Waals surface area (Å²) in [7, 11) is 0. The fourth-order valence-electron chi connectivity index (χ4n) is 1.37. The first-order valence-corrected chi connectivity index (χ1v) is 5.41. The van der Waals surface area contributed by atoms with Crippen LogP contribution in [-0.2, 0) is 4.79 Å². The number of imide groups is 1. The van der Waals surface area contributed by atoms with Crippen molar-refractivity contribution < 1.29 is 14.5 Å². The van der Waals surface area contributed by atoms with Crippen LogP contribution in [0.25, 0.3) is 0 Å². The molecule has 0 saturated carbocycles. The van der Waals surface area contributed by atoms with E-state index in [1.165, 1.54) is 13.0 Å². The molecule has 1 heterocycles. The molecule has 0 aromatic carbocycles. The van der Waals surface area contributed by atoms with Crippen LogP contribution in [-0.4, -0.2) is 21.7 Å². The zero-order valence-corrected chi connectivity index (χ0v) is 10.1. The molecule has 0 radical (unpaired) electrons. The lowest BCUT2D eigenvalue weighted by molar-refractivity contribution is -0.390. The van der Waals surface area contributed by atoms with E-state index < -0.39 is 10.8 Å². The summed E-state index contributed by atoms with van der Waals surface area (Å²) in [5.74, 6) is -1.27. The monoisotopic (exact) mass is 251 g/mol. The molecule has 1 aromatic heterocycles. The molecule has 96 valence electrons. The lowest BCUT2D eigenvalue weighted by Crippen LogP contribution is -2.30. The van der Waals surface area contributed by atoms with Gasteiger partial charge in [0.2, 0.25) is 5.91 Å². The van der Waals surface area contributed by atoms with Crippen molar-refractivity contribution in [1.82, 2.24) is 10.3 Å². The molecule has 7 nitrogen and oxygen atoms in total. The fourth-order valence-corrected chi connectivity index (χ4v) is 1.37. The van der Waals surface area contributed by atoms with Gasteiger partial charge in [-0.1, -0.05) is 6.92 Å². The van der Waals surface area contributed by atoms with E-state index >= 15 is 0 Å². The number of carbonyl (C=O) groups excluding carboxylic acids is 2.